The van der Waals surface area contributed by atoms with Crippen LogP contribution in [0.15, 0.2) is 18.2 Å². The van der Waals surface area contributed by atoms with Crippen molar-refractivity contribution in [3.8, 4) is 5.75 Å². The minimum absolute atomic E-state index is 0.0424. The molecule has 0 aliphatic heterocycles. The zero-order valence-electron chi connectivity index (χ0n) is 9.86. The van der Waals surface area contributed by atoms with E-state index in [-0.39, 0.29) is 18.0 Å². The largest absolute Gasteiger partial charge is 0.434 e. The van der Waals surface area contributed by atoms with Crippen molar-refractivity contribution in [2.24, 2.45) is 0 Å². The van der Waals surface area contributed by atoms with Crippen LogP contribution in [0.25, 0.3) is 0 Å². The molecule has 18 heavy (non-hydrogen) atoms. The zero-order valence-corrected chi connectivity index (χ0v) is 9.86. The number of nitrogens with one attached hydrogen (secondary N) is 1. The molecule has 0 bridgehead atoms. The van der Waals surface area contributed by atoms with Crippen LogP contribution in [0, 0.1) is 10.1 Å². The van der Waals surface area contributed by atoms with Crippen molar-refractivity contribution in [3.63, 3.8) is 0 Å². The first-order valence-corrected chi connectivity index (χ1v) is 5.47. The van der Waals surface area contributed by atoms with E-state index in [0.29, 0.717) is 12.1 Å². The van der Waals surface area contributed by atoms with Crippen molar-refractivity contribution >= 4 is 5.69 Å². The van der Waals surface area contributed by atoms with Gasteiger partial charge in [-0.05, 0) is 19.0 Å². The molecule has 0 aliphatic carbocycles. The Morgan fingerprint density at radius 2 is 2.22 bits per heavy atom. The van der Waals surface area contributed by atoms with Gasteiger partial charge in [-0.25, -0.2) is 0 Å². The van der Waals surface area contributed by atoms with Crippen LogP contribution < -0.4 is 10.1 Å². The molecule has 1 aromatic rings. The fourth-order valence-electron chi connectivity index (χ4n) is 1.43. The van der Waals surface area contributed by atoms with Crippen molar-refractivity contribution in [1.82, 2.24) is 5.32 Å². The van der Waals surface area contributed by atoms with Gasteiger partial charge in [-0.3, -0.25) is 10.1 Å². The van der Waals surface area contributed by atoms with Gasteiger partial charge in [0.25, 0.3) is 5.69 Å². The summed E-state index contributed by atoms with van der Waals surface area (Å²) in [5, 5.41) is 13.6. The molecule has 0 aliphatic rings. The van der Waals surface area contributed by atoms with Gasteiger partial charge in [-0.15, -0.1) is 0 Å². The molecule has 0 atom stereocenters. The average Bonchev–Trinajstić information content (AvgIpc) is 2.30. The van der Waals surface area contributed by atoms with E-state index in [1.165, 1.54) is 12.1 Å². The Hall–Kier alpha value is -1.76. The summed E-state index contributed by atoms with van der Waals surface area (Å²) >= 11 is 0. The third-order valence-corrected chi connectivity index (χ3v) is 2.21. The van der Waals surface area contributed by atoms with Crippen LogP contribution in [0.1, 0.15) is 18.9 Å². The van der Waals surface area contributed by atoms with Crippen LogP contribution in [0.4, 0.5) is 14.5 Å². The predicted octanol–water partition coefficient (Wildman–Crippen LogP) is 2.70. The summed E-state index contributed by atoms with van der Waals surface area (Å²) in [5.41, 5.74) is 0.197. The van der Waals surface area contributed by atoms with E-state index in [1.54, 1.807) is 0 Å². The minimum Gasteiger partial charge on any atom is -0.434 e. The number of nitro benzene ring substituents is 1. The molecule has 0 amide bonds. The Bertz CT molecular complexity index is 413. The summed E-state index contributed by atoms with van der Waals surface area (Å²) in [6.45, 7) is -0.0536. The first-order chi connectivity index (χ1) is 8.54. The maximum atomic E-state index is 12.2. The quantitative estimate of drug-likeness (QED) is 0.465. The van der Waals surface area contributed by atoms with Gasteiger partial charge < -0.3 is 10.1 Å². The number of alkyl halides is 2. The van der Waals surface area contributed by atoms with Gasteiger partial charge in [0.05, 0.1) is 4.92 Å². The first kappa shape index (κ1) is 14.3. The highest BCUT2D eigenvalue weighted by Crippen LogP contribution is 2.25. The molecule has 0 saturated carbocycles. The summed E-state index contributed by atoms with van der Waals surface area (Å²) in [5.74, 6) is -0.0424. The van der Waals surface area contributed by atoms with Gasteiger partial charge >= 0.3 is 6.61 Å². The number of ether oxygens (including phenoxy) is 1. The van der Waals surface area contributed by atoms with Crippen LogP contribution >= 0.6 is 0 Å². The smallest absolute Gasteiger partial charge is 0.387 e. The van der Waals surface area contributed by atoms with Crippen molar-refractivity contribution in [2.45, 2.75) is 26.5 Å². The summed E-state index contributed by atoms with van der Waals surface area (Å²) in [7, 11) is 0. The van der Waals surface area contributed by atoms with E-state index < -0.39 is 11.5 Å². The third-order valence-electron chi connectivity index (χ3n) is 2.21. The lowest BCUT2D eigenvalue weighted by atomic mass is 10.1. The van der Waals surface area contributed by atoms with E-state index in [9.17, 15) is 18.9 Å². The van der Waals surface area contributed by atoms with Crippen molar-refractivity contribution < 1.29 is 18.4 Å². The van der Waals surface area contributed by atoms with Gasteiger partial charge in [-0.2, -0.15) is 8.78 Å². The third kappa shape index (κ3) is 4.25. The molecule has 1 rings (SSSR count). The molecule has 0 spiro atoms. The molecule has 5 nitrogen and oxygen atoms in total. The highest BCUT2D eigenvalue weighted by atomic mass is 19.3. The summed E-state index contributed by atoms with van der Waals surface area (Å²) < 4.78 is 28.7. The Kier molecular flexibility index (Phi) is 5.44. The molecule has 0 saturated heterocycles. The molecule has 1 aromatic carbocycles. The van der Waals surface area contributed by atoms with Crippen molar-refractivity contribution in [1.29, 1.82) is 0 Å². The van der Waals surface area contributed by atoms with Gasteiger partial charge in [-0.1, -0.05) is 6.92 Å². The van der Waals surface area contributed by atoms with Crippen LogP contribution in [0.3, 0.4) is 0 Å². The molecule has 0 radical (unpaired) electrons. The molecule has 0 unspecified atom stereocenters. The van der Waals surface area contributed by atoms with Crippen LogP contribution in [-0.2, 0) is 6.54 Å². The second-order valence-electron chi connectivity index (χ2n) is 3.60. The predicted molar refractivity (Wildman–Crippen MR) is 61.7 cm³/mol. The summed E-state index contributed by atoms with van der Waals surface area (Å²) in [4.78, 5) is 10.0. The second kappa shape index (κ2) is 6.85. The number of rotatable bonds is 7. The Morgan fingerprint density at radius 1 is 1.50 bits per heavy atom. The normalized spacial score (nSPS) is 10.7. The molecule has 0 fully saturated rings. The summed E-state index contributed by atoms with van der Waals surface area (Å²) in [6.07, 6.45) is 0.875. The Morgan fingerprint density at radius 3 is 2.78 bits per heavy atom. The van der Waals surface area contributed by atoms with E-state index in [4.69, 9.17) is 0 Å². The molecule has 100 valence electrons. The number of benzene rings is 1. The number of hydrogen-bond acceptors (Lipinski definition) is 4. The highest BCUT2D eigenvalue weighted by molar-refractivity contribution is 5.43. The number of nitrogens with zero attached hydrogens (tertiary/aromatic N) is 1. The van der Waals surface area contributed by atoms with E-state index in [1.807, 2.05) is 6.92 Å². The van der Waals surface area contributed by atoms with Crippen LogP contribution in [-0.4, -0.2) is 18.1 Å². The summed E-state index contributed by atoms with van der Waals surface area (Å²) in [6, 6.07) is 3.56. The lowest BCUT2D eigenvalue weighted by Crippen LogP contribution is -2.15. The molecule has 7 heteroatoms. The Balaban J connectivity index is 2.90. The van der Waals surface area contributed by atoms with E-state index in [0.717, 1.165) is 12.5 Å². The molecule has 0 heterocycles. The SMILES string of the molecule is CCCNCc1cc([N+](=O)[O-])ccc1OC(F)F. The minimum atomic E-state index is -2.95. The second-order valence-corrected chi connectivity index (χ2v) is 3.60. The molecule has 0 aromatic heterocycles. The van der Waals surface area contributed by atoms with E-state index >= 15 is 0 Å². The van der Waals surface area contributed by atoms with Crippen molar-refractivity contribution in [2.75, 3.05) is 6.54 Å². The van der Waals surface area contributed by atoms with Gasteiger partial charge in [0, 0.05) is 24.2 Å². The fraction of sp³-hybridized carbons (Fsp3) is 0.455. The number of hydrogen-bond donors (Lipinski definition) is 1. The zero-order chi connectivity index (χ0) is 13.5. The topological polar surface area (TPSA) is 64.4 Å². The monoisotopic (exact) mass is 260 g/mol. The molecular formula is C11H14F2N2O3. The maximum Gasteiger partial charge on any atom is 0.387 e. The van der Waals surface area contributed by atoms with Crippen LogP contribution in [0.2, 0.25) is 0 Å². The highest BCUT2D eigenvalue weighted by Gasteiger charge is 2.14. The lowest BCUT2D eigenvalue weighted by Gasteiger charge is -2.11. The number of non-ortho nitro benzene ring substituents is 1. The number of nitro groups is 1. The van der Waals surface area contributed by atoms with Gasteiger partial charge in [0.15, 0.2) is 0 Å². The lowest BCUT2D eigenvalue weighted by molar-refractivity contribution is -0.385. The number of halogens is 2. The standard InChI is InChI=1S/C11H14F2N2O3/c1-2-5-14-7-8-6-9(15(16)17)3-4-10(8)18-11(12)13/h3-4,6,11,14H,2,5,7H2,1H3. The van der Waals surface area contributed by atoms with Gasteiger partial charge in [0.1, 0.15) is 5.75 Å². The van der Waals surface area contributed by atoms with E-state index in [2.05, 4.69) is 10.1 Å². The van der Waals surface area contributed by atoms with Gasteiger partial charge in [0.2, 0.25) is 0 Å². The molecule has 1 N–H and O–H groups in total. The van der Waals surface area contributed by atoms with Crippen LogP contribution in [0.5, 0.6) is 5.75 Å². The first-order valence-electron chi connectivity index (χ1n) is 5.47. The Labute approximate surface area is 103 Å². The van der Waals surface area contributed by atoms with Crippen molar-refractivity contribution in [3.05, 3.63) is 33.9 Å². The average molecular weight is 260 g/mol. The maximum absolute atomic E-state index is 12.2. The fourth-order valence-corrected chi connectivity index (χ4v) is 1.43. The molecular weight excluding hydrogens is 246 g/mol.